The number of hydrogen-bond donors (Lipinski definition) is 1. The summed E-state index contributed by atoms with van der Waals surface area (Å²) in [5.74, 6) is 0.953. The highest BCUT2D eigenvalue weighted by atomic mass is 15.5. The van der Waals surface area contributed by atoms with Crippen molar-refractivity contribution in [3.05, 3.63) is 24.7 Å². The third-order valence-electron chi connectivity index (χ3n) is 1.57. The molecule has 56 valence electrons. The highest BCUT2D eigenvalue weighted by molar-refractivity contribution is 5.00. The molecule has 0 aliphatic carbocycles. The van der Waals surface area contributed by atoms with E-state index >= 15 is 0 Å². The van der Waals surface area contributed by atoms with E-state index < -0.39 is 0 Å². The van der Waals surface area contributed by atoms with Crippen LogP contribution >= 0.6 is 0 Å². The van der Waals surface area contributed by atoms with Crippen LogP contribution in [0.15, 0.2) is 24.7 Å². The van der Waals surface area contributed by atoms with Crippen LogP contribution < -0.4 is 5.43 Å². The summed E-state index contributed by atoms with van der Waals surface area (Å²) in [6.45, 7) is 4.74. The van der Waals surface area contributed by atoms with Gasteiger partial charge in [-0.25, -0.2) is 5.43 Å². The van der Waals surface area contributed by atoms with Gasteiger partial charge in [-0.05, 0) is 0 Å². The summed E-state index contributed by atoms with van der Waals surface area (Å²) in [7, 11) is 3.92. The van der Waals surface area contributed by atoms with E-state index in [2.05, 4.69) is 18.1 Å². The number of nitrogens with one attached hydrogen (secondary N) is 1. The van der Waals surface area contributed by atoms with Gasteiger partial charge in [0.15, 0.2) is 0 Å². The van der Waals surface area contributed by atoms with Crippen LogP contribution in [0.5, 0.6) is 0 Å². The molecule has 3 heteroatoms. The highest BCUT2D eigenvalue weighted by Gasteiger charge is 2.05. The molecule has 0 bridgehead atoms. The van der Waals surface area contributed by atoms with E-state index in [4.69, 9.17) is 0 Å². The maximum Gasteiger partial charge on any atom is 0.114 e. The van der Waals surface area contributed by atoms with Crippen molar-refractivity contribution in [2.24, 2.45) is 0 Å². The summed E-state index contributed by atoms with van der Waals surface area (Å²) in [6.07, 6.45) is 4.05. The van der Waals surface area contributed by atoms with Gasteiger partial charge in [0, 0.05) is 26.8 Å². The zero-order valence-electron chi connectivity index (χ0n) is 6.46. The van der Waals surface area contributed by atoms with Gasteiger partial charge in [-0.1, -0.05) is 12.7 Å². The monoisotopic (exact) mass is 139 g/mol. The van der Waals surface area contributed by atoms with E-state index in [-0.39, 0.29) is 0 Å². The molecular formula is C7H13N3. The van der Waals surface area contributed by atoms with Gasteiger partial charge in [0.25, 0.3) is 0 Å². The molecular weight excluding hydrogens is 126 g/mol. The first-order valence-electron chi connectivity index (χ1n) is 3.27. The maximum absolute atomic E-state index is 3.87. The molecule has 0 unspecified atom stereocenters. The first kappa shape index (κ1) is 7.15. The Bertz CT molecular complexity index is 162. The summed E-state index contributed by atoms with van der Waals surface area (Å²) in [5, 5.41) is 1.90. The van der Waals surface area contributed by atoms with Crippen LogP contribution in [0.1, 0.15) is 0 Å². The summed E-state index contributed by atoms with van der Waals surface area (Å²) in [4.78, 5) is 1.97. The van der Waals surface area contributed by atoms with E-state index in [1.165, 1.54) is 0 Å². The fourth-order valence-electron chi connectivity index (χ4n) is 0.814. The van der Waals surface area contributed by atoms with E-state index in [0.717, 1.165) is 12.4 Å². The molecule has 0 radical (unpaired) electrons. The van der Waals surface area contributed by atoms with Crippen molar-refractivity contribution in [1.82, 2.24) is 15.3 Å². The highest BCUT2D eigenvalue weighted by Crippen LogP contribution is 2.03. The average Bonchev–Trinajstić information content (AvgIpc) is 2.04. The minimum Gasteiger partial charge on any atom is -0.337 e. The lowest BCUT2D eigenvalue weighted by Gasteiger charge is -2.24. The zero-order chi connectivity index (χ0) is 7.56. The molecule has 0 aromatic carbocycles. The zero-order valence-corrected chi connectivity index (χ0v) is 6.46. The standard InChI is InChI=1S/C7H13N3/c1-7-9(2)6-4-5-8-10(7)3/h4,6,8H,1,5H2,2-3H3. The lowest BCUT2D eigenvalue weighted by Crippen LogP contribution is -2.35. The third kappa shape index (κ3) is 1.30. The largest absolute Gasteiger partial charge is 0.337 e. The predicted molar refractivity (Wildman–Crippen MR) is 41.8 cm³/mol. The van der Waals surface area contributed by atoms with Crippen LogP contribution in [0, 0.1) is 0 Å². The SMILES string of the molecule is C=C1N(C)C=CCNN1C. The van der Waals surface area contributed by atoms with E-state index in [0.29, 0.717) is 0 Å². The minimum atomic E-state index is 0.861. The molecule has 0 aromatic heterocycles. The second-order valence-corrected chi connectivity index (χ2v) is 2.33. The Morgan fingerprint density at radius 3 is 3.00 bits per heavy atom. The minimum absolute atomic E-state index is 0.861. The maximum atomic E-state index is 3.87. The molecule has 1 N–H and O–H groups in total. The first-order valence-corrected chi connectivity index (χ1v) is 3.27. The smallest absolute Gasteiger partial charge is 0.114 e. The molecule has 0 spiro atoms. The molecule has 0 fully saturated rings. The summed E-state index contributed by atoms with van der Waals surface area (Å²) in [5.41, 5.74) is 3.13. The van der Waals surface area contributed by atoms with E-state index in [9.17, 15) is 0 Å². The van der Waals surface area contributed by atoms with Crippen molar-refractivity contribution in [1.29, 1.82) is 0 Å². The van der Waals surface area contributed by atoms with Crippen LogP contribution in [-0.4, -0.2) is 30.5 Å². The lowest BCUT2D eigenvalue weighted by atomic mass is 10.6. The normalized spacial score (nSPS) is 19.6. The topological polar surface area (TPSA) is 18.5 Å². The number of rotatable bonds is 0. The molecule has 1 rings (SSSR count). The van der Waals surface area contributed by atoms with Crippen molar-refractivity contribution in [3.8, 4) is 0 Å². The molecule has 1 heterocycles. The van der Waals surface area contributed by atoms with Gasteiger partial charge in [0.2, 0.25) is 0 Å². The van der Waals surface area contributed by atoms with Gasteiger partial charge in [0.1, 0.15) is 5.82 Å². The van der Waals surface area contributed by atoms with Crippen molar-refractivity contribution in [2.45, 2.75) is 0 Å². The molecule has 1 aliphatic rings. The Kier molecular flexibility index (Phi) is 1.97. The van der Waals surface area contributed by atoms with Crippen molar-refractivity contribution in [2.75, 3.05) is 20.6 Å². The number of nitrogens with zero attached hydrogens (tertiary/aromatic N) is 2. The second kappa shape index (κ2) is 2.75. The van der Waals surface area contributed by atoms with Gasteiger partial charge in [0.05, 0.1) is 0 Å². The number of hydrazine groups is 1. The van der Waals surface area contributed by atoms with E-state index in [1.54, 1.807) is 0 Å². The summed E-state index contributed by atoms with van der Waals surface area (Å²) >= 11 is 0. The van der Waals surface area contributed by atoms with Gasteiger partial charge in [-0.2, -0.15) is 0 Å². The Morgan fingerprint density at radius 2 is 2.30 bits per heavy atom. The van der Waals surface area contributed by atoms with Crippen LogP contribution in [0.4, 0.5) is 0 Å². The Labute approximate surface area is 61.6 Å². The molecule has 0 saturated carbocycles. The van der Waals surface area contributed by atoms with Gasteiger partial charge >= 0.3 is 0 Å². The Morgan fingerprint density at radius 1 is 1.60 bits per heavy atom. The van der Waals surface area contributed by atoms with Crippen molar-refractivity contribution < 1.29 is 0 Å². The van der Waals surface area contributed by atoms with Gasteiger partial charge < -0.3 is 4.90 Å². The Balaban J connectivity index is 2.67. The first-order chi connectivity index (χ1) is 4.72. The molecule has 1 aliphatic heterocycles. The summed E-state index contributed by atoms with van der Waals surface area (Å²) < 4.78 is 0. The van der Waals surface area contributed by atoms with Crippen LogP contribution in [0.3, 0.4) is 0 Å². The Hall–Kier alpha value is -0.960. The molecule has 0 amide bonds. The molecule has 0 saturated heterocycles. The van der Waals surface area contributed by atoms with Gasteiger partial charge in [-0.3, -0.25) is 5.01 Å². The number of hydrogen-bond acceptors (Lipinski definition) is 3. The molecule has 0 atom stereocenters. The summed E-state index contributed by atoms with van der Waals surface area (Å²) in [6, 6.07) is 0. The van der Waals surface area contributed by atoms with Crippen molar-refractivity contribution in [3.63, 3.8) is 0 Å². The van der Waals surface area contributed by atoms with Crippen LogP contribution in [-0.2, 0) is 0 Å². The third-order valence-corrected chi connectivity index (χ3v) is 1.57. The molecule has 3 nitrogen and oxygen atoms in total. The van der Waals surface area contributed by atoms with Crippen LogP contribution in [0.25, 0.3) is 0 Å². The van der Waals surface area contributed by atoms with Gasteiger partial charge in [-0.15, -0.1) is 0 Å². The molecule has 10 heavy (non-hydrogen) atoms. The van der Waals surface area contributed by atoms with Crippen LogP contribution in [0.2, 0.25) is 0 Å². The quantitative estimate of drug-likeness (QED) is 0.522. The lowest BCUT2D eigenvalue weighted by molar-refractivity contribution is 0.259. The fraction of sp³-hybridized carbons (Fsp3) is 0.429. The fourth-order valence-corrected chi connectivity index (χ4v) is 0.814. The molecule has 0 aromatic rings. The van der Waals surface area contributed by atoms with Crippen molar-refractivity contribution >= 4 is 0 Å². The second-order valence-electron chi connectivity index (χ2n) is 2.33. The predicted octanol–water partition coefficient (Wildman–Crippen LogP) is 0.353. The average molecular weight is 139 g/mol. The van der Waals surface area contributed by atoms with E-state index in [1.807, 2.05) is 30.2 Å².